The molecule has 106 valence electrons. The standard InChI is InChI=1S/C16H30O2/c1-3-4-5-6-7-8-9-10-12-15(17)16(18-2)13-11-14-16/h3-14H2,1-2H3. The van der Waals surface area contributed by atoms with E-state index in [1.807, 2.05) is 0 Å². The molecular formula is C16H30O2. The molecule has 0 aromatic carbocycles. The van der Waals surface area contributed by atoms with Crippen LogP contribution in [0, 0.1) is 0 Å². The third kappa shape index (κ3) is 4.72. The molecule has 0 spiro atoms. The second-order valence-electron chi connectivity index (χ2n) is 5.70. The Kier molecular flexibility index (Phi) is 7.57. The monoisotopic (exact) mass is 254 g/mol. The van der Waals surface area contributed by atoms with Crippen LogP contribution in [0.5, 0.6) is 0 Å². The summed E-state index contributed by atoms with van der Waals surface area (Å²) < 4.78 is 5.41. The molecule has 0 N–H and O–H groups in total. The van der Waals surface area contributed by atoms with Crippen molar-refractivity contribution in [2.24, 2.45) is 0 Å². The Bertz CT molecular complexity index is 226. The number of methoxy groups -OCH3 is 1. The maximum absolute atomic E-state index is 12.0. The van der Waals surface area contributed by atoms with Crippen LogP contribution in [-0.4, -0.2) is 18.5 Å². The number of carbonyl (C=O) groups is 1. The highest BCUT2D eigenvalue weighted by Crippen LogP contribution is 2.37. The predicted octanol–water partition coefficient (Wildman–Crippen LogP) is 4.66. The van der Waals surface area contributed by atoms with Crippen LogP contribution in [0.3, 0.4) is 0 Å². The number of ketones is 1. The average Bonchev–Trinajstić information content (AvgIpc) is 2.32. The van der Waals surface area contributed by atoms with Crippen LogP contribution < -0.4 is 0 Å². The fourth-order valence-corrected chi connectivity index (χ4v) is 2.74. The molecular weight excluding hydrogens is 224 g/mol. The number of Topliss-reactive ketones (excluding diaryl/α,β-unsaturated/α-hetero) is 1. The molecule has 1 aliphatic rings. The first kappa shape index (κ1) is 15.7. The Hall–Kier alpha value is -0.370. The van der Waals surface area contributed by atoms with Gasteiger partial charge in [0.05, 0.1) is 0 Å². The lowest BCUT2D eigenvalue weighted by atomic mass is 9.75. The van der Waals surface area contributed by atoms with Crippen LogP contribution in [0.4, 0.5) is 0 Å². The van der Waals surface area contributed by atoms with E-state index in [1.54, 1.807) is 7.11 Å². The SMILES string of the molecule is CCCCCCCCCCC(=O)C1(OC)CCC1. The van der Waals surface area contributed by atoms with Gasteiger partial charge in [-0.1, -0.05) is 51.9 Å². The molecule has 1 saturated carbocycles. The highest BCUT2D eigenvalue weighted by Gasteiger charge is 2.43. The van der Waals surface area contributed by atoms with Gasteiger partial charge in [-0.05, 0) is 25.7 Å². The highest BCUT2D eigenvalue weighted by atomic mass is 16.5. The van der Waals surface area contributed by atoms with Crippen molar-refractivity contribution < 1.29 is 9.53 Å². The van der Waals surface area contributed by atoms with E-state index in [0.29, 0.717) is 5.78 Å². The fraction of sp³-hybridized carbons (Fsp3) is 0.938. The van der Waals surface area contributed by atoms with Gasteiger partial charge in [0.2, 0.25) is 0 Å². The van der Waals surface area contributed by atoms with Crippen LogP contribution in [0.2, 0.25) is 0 Å². The topological polar surface area (TPSA) is 26.3 Å². The number of rotatable bonds is 11. The lowest BCUT2D eigenvalue weighted by Gasteiger charge is -2.38. The Balaban J connectivity index is 1.96. The molecule has 0 aliphatic heterocycles. The van der Waals surface area contributed by atoms with E-state index in [0.717, 1.165) is 32.1 Å². The second kappa shape index (κ2) is 8.68. The zero-order valence-electron chi connectivity index (χ0n) is 12.3. The minimum atomic E-state index is -0.374. The molecule has 2 heteroatoms. The Morgan fingerprint density at radius 3 is 2.00 bits per heavy atom. The molecule has 0 bridgehead atoms. The van der Waals surface area contributed by atoms with Crippen molar-refractivity contribution in [3.63, 3.8) is 0 Å². The largest absolute Gasteiger partial charge is 0.370 e. The van der Waals surface area contributed by atoms with Crippen molar-refractivity contribution in [2.75, 3.05) is 7.11 Å². The smallest absolute Gasteiger partial charge is 0.164 e. The zero-order valence-corrected chi connectivity index (χ0v) is 12.3. The molecule has 0 saturated heterocycles. The first-order valence-electron chi connectivity index (χ1n) is 7.83. The summed E-state index contributed by atoms with van der Waals surface area (Å²) in [7, 11) is 1.69. The van der Waals surface area contributed by atoms with Gasteiger partial charge < -0.3 is 4.74 Å². The average molecular weight is 254 g/mol. The summed E-state index contributed by atoms with van der Waals surface area (Å²) in [5.41, 5.74) is -0.374. The van der Waals surface area contributed by atoms with Gasteiger partial charge in [-0.15, -0.1) is 0 Å². The summed E-state index contributed by atoms with van der Waals surface area (Å²) >= 11 is 0. The highest BCUT2D eigenvalue weighted by molar-refractivity contribution is 5.88. The lowest BCUT2D eigenvalue weighted by Crippen LogP contribution is -2.46. The fourth-order valence-electron chi connectivity index (χ4n) is 2.74. The quantitative estimate of drug-likeness (QED) is 0.501. The van der Waals surface area contributed by atoms with E-state index in [-0.39, 0.29) is 5.60 Å². The van der Waals surface area contributed by atoms with E-state index in [9.17, 15) is 4.79 Å². The van der Waals surface area contributed by atoms with Crippen molar-refractivity contribution in [3.05, 3.63) is 0 Å². The molecule has 0 amide bonds. The van der Waals surface area contributed by atoms with Crippen LogP contribution >= 0.6 is 0 Å². The normalized spacial score (nSPS) is 17.4. The minimum absolute atomic E-state index is 0.349. The van der Waals surface area contributed by atoms with Crippen LogP contribution in [-0.2, 0) is 9.53 Å². The number of carbonyl (C=O) groups excluding carboxylic acids is 1. The van der Waals surface area contributed by atoms with E-state index in [4.69, 9.17) is 4.74 Å². The number of hydrogen-bond acceptors (Lipinski definition) is 2. The lowest BCUT2D eigenvalue weighted by molar-refractivity contribution is -0.151. The molecule has 1 fully saturated rings. The van der Waals surface area contributed by atoms with E-state index < -0.39 is 0 Å². The molecule has 18 heavy (non-hydrogen) atoms. The van der Waals surface area contributed by atoms with Crippen molar-refractivity contribution in [2.45, 2.75) is 89.6 Å². The molecule has 0 aromatic heterocycles. The Morgan fingerprint density at radius 2 is 1.56 bits per heavy atom. The molecule has 0 atom stereocenters. The van der Waals surface area contributed by atoms with Crippen molar-refractivity contribution in [3.8, 4) is 0 Å². The third-order valence-corrected chi connectivity index (χ3v) is 4.32. The van der Waals surface area contributed by atoms with E-state index in [1.165, 1.54) is 44.9 Å². The number of ether oxygens (including phenoxy) is 1. The number of hydrogen-bond donors (Lipinski definition) is 0. The maximum Gasteiger partial charge on any atom is 0.164 e. The molecule has 0 unspecified atom stereocenters. The molecule has 0 radical (unpaired) electrons. The molecule has 0 aromatic rings. The van der Waals surface area contributed by atoms with Gasteiger partial charge in [-0.25, -0.2) is 0 Å². The van der Waals surface area contributed by atoms with Crippen LogP contribution in [0.25, 0.3) is 0 Å². The Labute approximate surface area is 112 Å². The van der Waals surface area contributed by atoms with Gasteiger partial charge in [0.1, 0.15) is 5.60 Å². The molecule has 1 aliphatic carbocycles. The van der Waals surface area contributed by atoms with Crippen molar-refractivity contribution in [1.82, 2.24) is 0 Å². The van der Waals surface area contributed by atoms with Gasteiger partial charge in [0.25, 0.3) is 0 Å². The Morgan fingerprint density at radius 1 is 1.00 bits per heavy atom. The van der Waals surface area contributed by atoms with Gasteiger partial charge in [0.15, 0.2) is 5.78 Å². The zero-order chi connectivity index (χ0) is 13.3. The second-order valence-corrected chi connectivity index (χ2v) is 5.70. The molecule has 2 nitrogen and oxygen atoms in total. The minimum Gasteiger partial charge on any atom is -0.370 e. The van der Waals surface area contributed by atoms with Crippen molar-refractivity contribution >= 4 is 5.78 Å². The summed E-state index contributed by atoms with van der Waals surface area (Å²) in [4.78, 5) is 12.0. The van der Waals surface area contributed by atoms with Gasteiger partial charge in [-0.2, -0.15) is 0 Å². The summed E-state index contributed by atoms with van der Waals surface area (Å²) in [5.74, 6) is 0.349. The first-order valence-corrected chi connectivity index (χ1v) is 7.83. The summed E-state index contributed by atoms with van der Waals surface area (Å²) in [6.07, 6.45) is 14.1. The number of unbranched alkanes of at least 4 members (excludes halogenated alkanes) is 7. The molecule has 0 heterocycles. The predicted molar refractivity (Wildman–Crippen MR) is 75.8 cm³/mol. The van der Waals surface area contributed by atoms with Crippen LogP contribution in [0.15, 0.2) is 0 Å². The molecule has 1 rings (SSSR count). The summed E-state index contributed by atoms with van der Waals surface area (Å²) in [6.45, 7) is 2.25. The first-order chi connectivity index (χ1) is 8.75. The van der Waals surface area contributed by atoms with Crippen molar-refractivity contribution in [1.29, 1.82) is 0 Å². The van der Waals surface area contributed by atoms with E-state index >= 15 is 0 Å². The van der Waals surface area contributed by atoms with E-state index in [2.05, 4.69) is 6.92 Å². The summed E-state index contributed by atoms with van der Waals surface area (Å²) in [5, 5.41) is 0. The van der Waals surface area contributed by atoms with Crippen LogP contribution in [0.1, 0.15) is 84.0 Å². The van der Waals surface area contributed by atoms with Gasteiger partial charge in [-0.3, -0.25) is 4.79 Å². The maximum atomic E-state index is 12.0. The van der Waals surface area contributed by atoms with Gasteiger partial charge >= 0.3 is 0 Å². The van der Waals surface area contributed by atoms with Gasteiger partial charge in [0, 0.05) is 13.5 Å². The summed E-state index contributed by atoms with van der Waals surface area (Å²) in [6, 6.07) is 0. The third-order valence-electron chi connectivity index (χ3n) is 4.32.